The van der Waals surface area contributed by atoms with E-state index in [4.69, 9.17) is 9.55 Å². The molecule has 0 saturated heterocycles. The zero-order valence-electron chi connectivity index (χ0n) is 10.3. The smallest absolute Gasteiger partial charge is 0.305 e. The number of aromatic nitrogens is 2. The maximum atomic E-state index is 12.2. The van der Waals surface area contributed by atoms with E-state index in [0.717, 1.165) is 4.73 Å². The lowest BCUT2D eigenvalue weighted by molar-refractivity contribution is 0.265. The van der Waals surface area contributed by atoms with Crippen LogP contribution in [0.4, 0.5) is 0 Å². The molecule has 2 heterocycles. The van der Waals surface area contributed by atoms with Crippen LogP contribution in [-0.4, -0.2) is 18.1 Å². The van der Waals surface area contributed by atoms with Crippen LogP contribution in [0.25, 0.3) is 0 Å². The molecular weight excluding hydrogens is 280 g/mol. The highest BCUT2D eigenvalue weighted by molar-refractivity contribution is 7.87. The van der Waals surface area contributed by atoms with Gasteiger partial charge in [0.2, 0.25) is 5.82 Å². The molecule has 1 aliphatic rings. The Bertz CT molecular complexity index is 790. The third-order valence-electron chi connectivity index (χ3n) is 2.90. The Kier molecular flexibility index (Phi) is 2.93. The minimum absolute atomic E-state index is 0.0253. The molecule has 2 aromatic rings. The number of rotatable bonds is 3. The Hall–Kier alpha value is -2.37. The Morgan fingerprint density at radius 1 is 1.30 bits per heavy atom. The van der Waals surface area contributed by atoms with Crippen molar-refractivity contribution in [3.8, 4) is 6.07 Å². The molecule has 0 fully saturated rings. The first kappa shape index (κ1) is 12.7. The van der Waals surface area contributed by atoms with Crippen LogP contribution >= 0.6 is 0 Å². The number of nitrogens with zero attached hydrogens (tertiary/aromatic N) is 3. The first-order valence-electron chi connectivity index (χ1n) is 5.83. The van der Waals surface area contributed by atoms with Crippen molar-refractivity contribution >= 4 is 10.1 Å². The van der Waals surface area contributed by atoms with Crippen molar-refractivity contribution in [1.29, 1.82) is 5.26 Å². The highest BCUT2D eigenvalue weighted by atomic mass is 32.2. The minimum atomic E-state index is -3.99. The van der Waals surface area contributed by atoms with Crippen molar-refractivity contribution in [3.63, 3.8) is 0 Å². The van der Waals surface area contributed by atoms with Gasteiger partial charge >= 0.3 is 10.1 Å². The number of nitriles is 1. The fourth-order valence-electron chi connectivity index (χ4n) is 1.98. The average Bonchev–Trinajstić information content (AvgIpc) is 3.02. The van der Waals surface area contributed by atoms with Crippen LogP contribution in [0.3, 0.4) is 0 Å². The van der Waals surface area contributed by atoms with Crippen LogP contribution < -0.4 is 9.60 Å². The molecule has 0 atom stereocenters. The maximum absolute atomic E-state index is 12.2. The number of nitrogens with one attached hydrogen (secondary N) is 1. The molecule has 102 valence electrons. The summed E-state index contributed by atoms with van der Waals surface area (Å²) in [6, 6.07) is 9.59. The molecule has 8 heteroatoms. The SMILES string of the molecule is N#Cc1nc2c(n1OS(=O)(=O)c1ccccc1)CNC2. The van der Waals surface area contributed by atoms with Gasteiger partial charge in [-0.15, -0.1) is 4.73 Å². The summed E-state index contributed by atoms with van der Waals surface area (Å²) in [5.41, 5.74) is 1.19. The lowest BCUT2D eigenvalue weighted by Crippen LogP contribution is -2.24. The summed E-state index contributed by atoms with van der Waals surface area (Å²) in [5.74, 6) is -0.0731. The van der Waals surface area contributed by atoms with Gasteiger partial charge in [0.25, 0.3) is 0 Å². The highest BCUT2D eigenvalue weighted by Gasteiger charge is 2.26. The van der Waals surface area contributed by atoms with E-state index in [-0.39, 0.29) is 10.7 Å². The lowest BCUT2D eigenvalue weighted by atomic mass is 10.4. The minimum Gasteiger partial charge on any atom is -0.305 e. The van der Waals surface area contributed by atoms with E-state index in [9.17, 15) is 8.42 Å². The van der Waals surface area contributed by atoms with E-state index in [1.54, 1.807) is 18.2 Å². The fraction of sp³-hybridized carbons (Fsp3) is 0.167. The van der Waals surface area contributed by atoms with Crippen LogP contribution in [0.5, 0.6) is 0 Å². The number of imidazole rings is 1. The van der Waals surface area contributed by atoms with E-state index in [1.807, 2.05) is 6.07 Å². The van der Waals surface area contributed by atoms with Crippen LogP contribution in [0.2, 0.25) is 0 Å². The molecule has 7 nitrogen and oxygen atoms in total. The summed E-state index contributed by atoms with van der Waals surface area (Å²) in [4.78, 5) is 4.06. The van der Waals surface area contributed by atoms with Crippen molar-refractivity contribution in [2.45, 2.75) is 18.0 Å². The lowest BCUT2D eigenvalue weighted by Gasteiger charge is -2.09. The molecule has 0 bridgehead atoms. The highest BCUT2D eigenvalue weighted by Crippen LogP contribution is 2.18. The number of benzene rings is 1. The first-order valence-corrected chi connectivity index (χ1v) is 7.24. The van der Waals surface area contributed by atoms with Crippen LogP contribution in [0.15, 0.2) is 35.2 Å². The van der Waals surface area contributed by atoms with Gasteiger partial charge in [0.1, 0.15) is 11.0 Å². The monoisotopic (exact) mass is 290 g/mol. The summed E-state index contributed by atoms with van der Waals surface area (Å²) in [6.45, 7) is 0.903. The van der Waals surface area contributed by atoms with Gasteiger partial charge in [-0.2, -0.15) is 13.7 Å². The molecule has 1 aromatic carbocycles. The average molecular weight is 290 g/mol. The van der Waals surface area contributed by atoms with Crippen molar-refractivity contribution in [1.82, 2.24) is 15.0 Å². The number of hydrogen-bond acceptors (Lipinski definition) is 6. The van der Waals surface area contributed by atoms with Gasteiger partial charge < -0.3 is 5.32 Å². The molecule has 1 aliphatic heterocycles. The summed E-state index contributed by atoms with van der Waals surface area (Å²) in [7, 11) is -3.99. The van der Waals surface area contributed by atoms with Crippen molar-refractivity contribution in [2.75, 3.05) is 0 Å². The first-order chi connectivity index (χ1) is 9.62. The molecule has 1 N–H and O–H groups in total. The second-order valence-corrected chi connectivity index (χ2v) is 5.71. The molecular formula is C12H10N4O3S. The van der Waals surface area contributed by atoms with Gasteiger partial charge in [0.05, 0.1) is 11.4 Å². The van der Waals surface area contributed by atoms with Crippen molar-refractivity contribution in [3.05, 3.63) is 47.5 Å². The molecule has 1 aromatic heterocycles. The Morgan fingerprint density at radius 2 is 2.05 bits per heavy atom. The quantitative estimate of drug-likeness (QED) is 0.865. The maximum Gasteiger partial charge on any atom is 0.357 e. The largest absolute Gasteiger partial charge is 0.357 e. The van der Waals surface area contributed by atoms with E-state index < -0.39 is 10.1 Å². The van der Waals surface area contributed by atoms with Gasteiger partial charge in [0, 0.05) is 13.1 Å². The molecule has 0 aliphatic carbocycles. The van der Waals surface area contributed by atoms with E-state index in [2.05, 4.69) is 10.3 Å². The van der Waals surface area contributed by atoms with Gasteiger partial charge in [-0.3, -0.25) is 4.28 Å². The van der Waals surface area contributed by atoms with Gasteiger partial charge in [-0.1, -0.05) is 18.2 Å². The predicted octanol–water partition coefficient (Wildman–Crippen LogP) is 0.175. The van der Waals surface area contributed by atoms with E-state index >= 15 is 0 Å². The Morgan fingerprint density at radius 3 is 2.75 bits per heavy atom. The van der Waals surface area contributed by atoms with Crippen molar-refractivity contribution < 1.29 is 12.7 Å². The summed E-state index contributed by atoms with van der Waals surface area (Å²) >= 11 is 0. The van der Waals surface area contributed by atoms with E-state index in [0.29, 0.717) is 24.5 Å². The van der Waals surface area contributed by atoms with Gasteiger partial charge in [-0.05, 0) is 12.1 Å². The normalized spacial score (nSPS) is 13.8. The summed E-state index contributed by atoms with van der Waals surface area (Å²) < 4.78 is 30.4. The fourth-order valence-corrected chi connectivity index (χ4v) is 2.91. The molecule has 0 unspecified atom stereocenters. The topological polar surface area (TPSA) is 97.0 Å². The zero-order valence-corrected chi connectivity index (χ0v) is 11.1. The van der Waals surface area contributed by atoms with Crippen LogP contribution in [0, 0.1) is 11.3 Å². The molecule has 0 radical (unpaired) electrons. The van der Waals surface area contributed by atoms with Gasteiger partial charge in [0.15, 0.2) is 0 Å². The van der Waals surface area contributed by atoms with Crippen LogP contribution in [0.1, 0.15) is 17.2 Å². The molecule has 3 rings (SSSR count). The third kappa shape index (κ3) is 2.03. The van der Waals surface area contributed by atoms with E-state index in [1.165, 1.54) is 12.1 Å². The second-order valence-electron chi connectivity index (χ2n) is 4.18. The molecule has 0 spiro atoms. The molecule has 0 amide bonds. The summed E-state index contributed by atoms with van der Waals surface area (Å²) in [6.07, 6.45) is 0. The van der Waals surface area contributed by atoms with Crippen molar-refractivity contribution in [2.24, 2.45) is 0 Å². The molecule has 20 heavy (non-hydrogen) atoms. The van der Waals surface area contributed by atoms with Crippen LogP contribution in [-0.2, 0) is 23.2 Å². The zero-order chi connectivity index (χ0) is 14.2. The standard InChI is InChI=1S/C12H10N4O3S/c13-6-12-15-10-7-14-8-11(10)16(12)19-20(17,18)9-4-2-1-3-5-9/h1-5,14H,7-8H2. The number of hydrogen-bond donors (Lipinski definition) is 1. The Balaban J connectivity index is 2.02. The third-order valence-corrected chi connectivity index (χ3v) is 4.10. The summed E-state index contributed by atoms with van der Waals surface area (Å²) in [5, 5.41) is 12.0. The Labute approximate surface area is 115 Å². The number of fused-ring (bicyclic) bond motifs is 1. The van der Waals surface area contributed by atoms with Gasteiger partial charge in [-0.25, -0.2) is 4.98 Å². The second kappa shape index (κ2) is 4.63. The predicted molar refractivity (Wildman–Crippen MR) is 67.7 cm³/mol. The molecule has 0 saturated carbocycles.